The molecule has 0 radical (unpaired) electrons. The smallest absolute Gasteiger partial charge is 0.242 e. The molecule has 19 heavy (non-hydrogen) atoms. The van der Waals surface area contributed by atoms with Gasteiger partial charge in [-0.25, -0.2) is 17.5 Å². The summed E-state index contributed by atoms with van der Waals surface area (Å²) in [7, 11) is -3.79. The number of sulfonamides is 1. The van der Waals surface area contributed by atoms with Crippen LogP contribution in [0.3, 0.4) is 0 Å². The first-order valence-electron chi connectivity index (χ1n) is 5.91. The highest BCUT2D eigenvalue weighted by atomic mass is 35.5. The summed E-state index contributed by atoms with van der Waals surface area (Å²) in [4.78, 5) is -0.154. The van der Waals surface area contributed by atoms with Gasteiger partial charge in [0.2, 0.25) is 10.0 Å². The first-order chi connectivity index (χ1) is 8.77. The Morgan fingerprint density at radius 2 is 2.11 bits per heavy atom. The average Bonchev–Trinajstić information content (AvgIpc) is 2.33. The van der Waals surface area contributed by atoms with Gasteiger partial charge in [0.25, 0.3) is 0 Å². The van der Waals surface area contributed by atoms with Gasteiger partial charge in [-0.1, -0.05) is 18.5 Å². The number of benzene rings is 1. The summed E-state index contributed by atoms with van der Waals surface area (Å²) in [6.07, 6.45) is 0.319. The van der Waals surface area contributed by atoms with E-state index in [0.29, 0.717) is 12.8 Å². The van der Waals surface area contributed by atoms with E-state index < -0.39 is 21.9 Å². The molecule has 4 nitrogen and oxygen atoms in total. The molecule has 0 fully saturated rings. The Bertz CT molecular complexity index is 548. The van der Waals surface area contributed by atoms with Gasteiger partial charge in [0, 0.05) is 6.54 Å². The highest BCUT2D eigenvalue weighted by Crippen LogP contribution is 2.24. The van der Waals surface area contributed by atoms with Gasteiger partial charge >= 0.3 is 0 Å². The number of aliphatic hydroxyl groups is 1. The largest absolute Gasteiger partial charge is 0.393 e. The van der Waals surface area contributed by atoms with Crippen LogP contribution in [0.15, 0.2) is 17.0 Å². The highest BCUT2D eigenvalue weighted by Gasteiger charge is 2.19. The third-order valence-corrected chi connectivity index (χ3v) is 4.67. The van der Waals surface area contributed by atoms with E-state index in [1.54, 1.807) is 6.92 Å². The number of hydrogen-bond donors (Lipinski definition) is 2. The number of aryl methyl sites for hydroxylation is 1. The number of hydrogen-bond acceptors (Lipinski definition) is 3. The van der Waals surface area contributed by atoms with Gasteiger partial charge in [-0.2, -0.15) is 0 Å². The lowest BCUT2D eigenvalue weighted by Crippen LogP contribution is -2.27. The molecule has 0 aromatic heterocycles. The predicted octanol–water partition coefficient (Wildman–Crippen LogP) is 2.23. The summed E-state index contributed by atoms with van der Waals surface area (Å²) in [6.45, 7) is 3.37. The van der Waals surface area contributed by atoms with Crippen molar-refractivity contribution in [2.45, 2.75) is 37.7 Å². The maximum atomic E-state index is 13.2. The van der Waals surface area contributed by atoms with E-state index in [-0.39, 0.29) is 22.0 Å². The molecule has 1 rings (SSSR count). The third kappa shape index (κ3) is 4.42. The van der Waals surface area contributed by atoms with E-state index in [1.807, 2.05) is 0 Å². The first kappa shape index (κ1) is 16.4. The molecule has 1 aromatic rings. The molecule has 1 atom stereocenters. The normalized spacial score (nSPS) is 13.5. The summed E-state index contributed by atoms with van der Waals surface area (Å²) in [6, 6.07) is 2.17. The molecule has 0 saturated carbocycles. The van der Waals surface area contributed by atoms with Crippen LogP contribution in [-0.2, 0) is 10.0 Å². The quantitative estimate of drug-likeness (QED) is 0.847. The number of rotatable bonds is 6. The van der Waals surface area contributed by atoms with E-state index in [1.165, 1.54) is 13.0 Å². The summed E-state index contributed by atoms with van der Waals surface area (Å²) in [5.41, 5.74) is 0.207. The zero-order valence-corrected chi connectivity index (χ0v) is 12.4. The van der Waals surface area contributed by atoms with Crippen LogP contribution in [-0.4, -0.2) is 26.2 Å². The van der Waals surface area contributed by atoms with Gasteiger partial charge in [0.15, 0.2) is 0 Å². The van der Waals surface area contributed by atoms with Crippen molar-refractivity contribution in [2.75, 3.05) is 6.54 Å². The van der Waals surface area contributed by atoms with Crippen molar-refractivity contribution in [3.8, 4) is 0 Å². The lowest BCUT2D eigenvalue weighted by Gasteiger charge is -2.11. The Labute approximate surface area is 117 Å². The van der Waals surface area contributed by atoms with Crippen LogP contribution in [0.2, 0.25) is 5.02 Å². The molecular weight excluding hydrogens is 293 g/mol. The standard InChI is InChI=1S/C12H17ClFNO3S/c1-3-9(16)4-5-15-19(17,18)12-6-8(2)11(14)7-10(12)13/h6-7,9,15-16H,3-5H2,1-2H3. The van der Waals surface area contributed by atoms with Gasteiger partial charge in [-0.3, -0.25) is 0 Å². The van der Waals surface area contributed by atoms with Crippen LogP contribution in [0, 0.1) is 12.7 Å². The molecule has 0 aliphatic rings. The van der Waals surface area contributed by atoms with Crippen LogP contribution in [0.25, 0.3) is 0 Å². The zero-order valence-electron chi connectivity index (χ0n) is 10.8. The molecule has 0 bridgehead atoms. The van der Waals surface area contributed by atoms with Gasteiger partial charge in [0.1, 0.15) is 10.7 Å². The number of halogens is 2. The monoisotopic (exact) mass is 309 g/mol. The van der Waals surface area contributed by atoms with Gasteiger partial charge in [-0.15, -0.1) is 0 Å². The SMILES string of the molecule is CCC(O)CCNS(=O)(=O)c1cc(C)c(F)cc1Cl. The fourth-order valence-electron chi connectivity index (χ4n) is 1.48. The second-order valence-corrected chi connectivity index (χ2v) is 6.42. The van der Waals surface area contributed by atoms with Gasteiger partial charge in [0.05, 0.1) is 11.1 Å². The first-order valence-corrected chi connectivity index (χ1v) is 7.77. The minimum Gasteiger partial charge on any atom is -0.393 e. The minimum atomic E-state index is -3.79. The predicted molar refractivity (Wildman–Crippen MR) is 72.3 cm³/mol. The summed E-state index contributed by atoms with van der Waals surface area (Å²) in [5, 5.41) is 9.19. The van der Waals surface area contributed by atoms with Gasteiger partial charge in [-0.05, 0) is 37.5 Å². The molecule has 7 heteroatoms. The highest BCUT2D eigenvalue weighted by molar-refractivity contribution is 7.89. The molecule has 0 heterocycles. The molecule has 1 aromatic carbocycles. The summed E-state index contributed by atoms with van der Waals surface area (Å²) >= 11 is 5.75. The van der Waals surface area contributed by atoms with Crippen LogP contribution >= 0.6 is 11.6 Å². The molecule has 2 N–H and O–H groups in total. The number of nitrogens with one attached hydrogen (secondary N) is 1. The Balaban J connectivity index is 2.86. The van der Waals surface area contributed by atoms with Crippen LogP contribution < -0.4 is 4.72 Å². The summed E-state index contributed by atoms with van der Waals surface area (Å²) < 4.78 is 39.5. The topological polar surface area (TPSA) is 66.4 Å². The summed E-state index contributed by atoms with van der Waals surface area (Å²) in [5.74, 6) is -0.551. The second-order valence-electron chi connectivity index (χ2n) is 4.28. The molecule has 108 valence electrons. The van der Waals surface area contributed by atoms with Crippen molar-refractivity contribution < 1.29 is 17.9 Å². The van der Waals surface area contributed by atoms with Crippen molar-refractivity contribution >= 4 is 21.6 Å². The fraction of sp³-hybridized carbons (Fsp3) is 0.500. The maximum Gasteiger partial charge on any atom is 0.242 e. The Hall–Kier alpha value is -0.690. The van der Waals surface area contributed by atoms with Crippen molar-refractivity contribution in [3.63, 3.8) is 0 Å². The van der Waals surface area contributed by atoms with E-state index in [9.17, 15) is 17.9 Å². The van der Waals surface area contributed by atoms with E-state index in [2.05, 4.69) is 4.72 Å². The molecule has 0 saturated heterocycles. The Morgan fingerprint density at radius 1 is 1.47 bits per heavy atom. The van der Waals surface area contributed by atoms with Crippen molar-refractivity contribution in [2.24, 2.45) is 0 Å². The Kier molecular flexibility index (Phi) is 5.73. The van der Waals surface area contributed by atoms with E-state index >= 15 is 0 Å². The van der Waals surface area contributed by atoms with Crippen LogP contribution in [0.5, 0.6) is 0 Å². The van der Waals surface area contributed by atoms with E-state index in [4.69, 9.17) is 11.6 Å². The van der Waals surface area contributed by atoms with E-state index in [0.717, 1.165) is 6.07 Å². The maximum absolute atomic E-state index is 13.2. The van der Waals surface area contributed by atoms with Crippen molar-refractivity contribution in [1.29, 1.82) is 0 Å². The zero-order chi connectivity index (χ0) is 14.6. The second kappa shape index (κ2) is 6.65. The van der Waals surface area contributed by atoms with Gasteiger partial charge < -0.3 is 5.11 Å². The molecule has 0 amide bonds. The van der Waals surface area contributed by atoms with Crippen molar-refractivity contribution in [3.05, 3.63) is 28.5 Å². The minimum absolute atomic E-state index is 0.101. The Morgan fingerprint density at radius 3 is 2.68 bits per heavy atom. The molecule has 0 aliphatic heterocycles. The lowest BCUT2D eigenvalue weighted by atomic mass is 10.2. The lowest BCUT2D eigenvalue weighted by molar-refractivity contribution is 0.162. The third-order valence-electron chi connectivity index (χ3n) is 2.74. The van der Waals surface area contributed by atoms with Crippen LogP contribution in [0.4, 0.5) is 4.39 Å². The number of aliphatic hydroxyl groups excluding tert-OH is 1. The molecule has 0 spiro atoms. The van der Waals surface area contributed by atoms with Crippen LogP contribution in [0.1, 0.15) is 25.3 Å². The average molecular weight is 310 g/mol. The molecule has 1 unspecified atom stereocenters. The molecular formula is C12H17ClFNO3S. The molecule has 0 aliphatic carbocycles. The van der Waals surface area contributed by atoms with Crippen molar-refractivity contribution in [1.82, 2.24) is 4.72 Å². The fourth-order valence-corrected chi connectivity index (χ4v) is 3.12.